The Morgan fingerprint density at radius 1 is 1.06 bits per heavy atom. The Balaban J connectivity index is 3.34. The van der Waals surface area contributed by atoms with Crippen LogP contribution in [0.25, 0.3) is 0 Å². The molecule has 0 fully saturated rings. The molecule has 0 aliphatic carbocycles. The molecule has 0 bridgehead atoms. The molecule has 0 heterocycles. The van der Waals surface area contributed by atoms with Crippen molar-refractivity contribution in [2.45, 2.75) is 65.7 Å². The lowest BCUT2D eigenvalue weighted by Gasteiger charge is -2.09. The van der Waals surface area contributed by atoms with Gasteiger partial charge in [0.15, 0.2) is 0 Å². The smallest absolute Gasteiger partial charge is 0.333 e. The molecule has 0 radical (unpaired) electrons. The number of carbonyl (C=O) groups excluding carboxylic acids is 1. The van der Waals surface area contributed by atoms with E-state index in [0.717, 1.165) is 12.8 Å². The highest BCUT2D eigenvalue weighted by Crippen LogP contribution is 2.10. The molecule has 0 amide bonds. The van der Waals surface area contributed by atoms with Gasteiger partial charge in [-0.1, -0.05) is 65.9 Å². The third-order valence-corrected chi connectivity index (χ3v) is 2.94. The SMILES string of the molecule is C=C(C(=O)OCCCCCCCCC)C(C)C. The molecule has 2 nitrogen and oxygen atoms in total. The van der Waals surface area contributed by atoms with E-state index in [1.165, 1.54) is 32.1 Å². The second kappa shape index (κ2) is 10.4. The molecule has 0 aromatic heterocycles. The van der Waals surface area contributed by atoms with E-state index in [2.05, 4.69) is 13.5 Å². The van der Waals surface area contributed by atoms with Crippen molar-refractivity contribution in [2.75, 3.05) is 6.61 Å². The Labute approximate surface area is 106 Å². The number of ether oxygens (including phenoxy) is 1. The van der Waals surface area contributed by atoms with Crippen LogP contribution in [0.15, 0.2) is 12.2 Å². The van der Waals surface area contributed by atoms with Crippen LogP contribution in [0, 0.1) is 5.92 Å². The van der Waals surface area contributed by atoms with E-state index >= 15 is 0 Å². The molecule has 0 saturated carbocycles. The van der Waals surface area contributed by atoms with Gasteiger partial charge in [0.05, 0.1) is 6.61 Å². The molecule has 0 aromatic rings. The number of esters is 1. The molecule has 0 aromatic carbocycles. The third kappa shape index (κ3) is 8.96. The highest BCUT2D eigenvalue weighted by atomic mass is 16.5. The van der Waals surface area contributed by atoms with Gasteiger partial charge in [-0.25, -0.2) is 4.79 Å². The summed E-state index contributed by atoms with van der Waals surface area (Å²) in [6.07, 6.45) is 8.65. The first-order valence-electron chi connectivity index (χ1n) is 6.95. The van der Waals surface area contributed by atoms with Crippen LogP contribution in [0.3, 0.4) is 0 Å². The lowest BCUT2D eigenvalue weighted by molar-refractivity contribution is -0.139. The molecule has 0 atom stereocenters. The van der Waals surface area contributed by atoms with Gasteiger partial charge in [0.25, 0.3) is 0 Å². The first-order valence-corrected chi connectivity index (χ1v) is 6.95. The summed E-state index contributed by atoms with van der Waals surface area (Å²) < 4.78 is 5.15. The van der Waals surface area contributed by atoms with Gasteiger partial charge in [0.1, 0.15) is 0 Å². The van der Waals surface area contributed by atoms with Crippen molar-refractivity contribution in [3.05, 3.63) is 12.2 Å². The number of rotatable bonds is 10. The molecule has 0 rings (SSSR count). The standard InChI is InChI=1S/C15H28O2/c1-5-6-7-8-9-10-11-12-17-15(16)14(4)13(2)3/h13H,4-12H2,1-3H3. The molecule has 0 spiro atoms. The minimum atomic E-state index is -0.231. The van der Waals surface area contributed by atoms with Crippen LogP contribution >= 0.6 is 0 Å². The summed E-state index contributed by atoms with van der Waals surface area (Å²) in [6.45, 7) is 10.4. The Bertz CT molecular complexity index is 219. The van der Waals surface area contributed by atoms with Gasteiger partial charge >= 0.3 is 5.97 Å². The topological polar surface area (TPSA) is 26.3 Å². The molecule has 0 aliphatic rings. The van der Waals surface area contributed by atoms with E-state index < -0.39 is 0 Å². The summed E-state index contributed by atoms with van der Waals surface area (Å²) in [4.78, 5) is 11.4. The Morgan fingerprint density at radius 2 is 1.59 bits per heavy atom. The first-order chi connectivity index (χ1) is 8.09. The van der Waals surface area contributed by atoms with Gasteiger partial charge in [-0.05, 0) is 12.3 Å². The molecular formula is C15H28O2. The Hall–Kier alpha value is -0.790. The van der Waals surface area contributed by atoms with E-state index in [1.54, 1.807) is 0 Å². The quantitative estimate of drug-likeness (QED) is 0.319. The van der Waals surface area contributed by atoms with Gasteiger partial charge in [0.2, 0.25) is 0 Å². The van der Waals surface area contributed by atoms with E-state index in [4.69, 9.17) is 4.74 Å². The van der Waals surface area contributed by atoms with Gasteiger partial charge in [-0.15, -0.1) is 0 Å². The predicted octanol–water partition coefficient (Wildman–Crippen LogP) is 4.49. The van der Waals surface area contributed by atoms with Crippen LogP contribution in [0.2, 0.25) is 0 Å². The fourth-order valence-electron chi connectivity index (χ4n) is 1.55. The molecule has 0 saturated heterocycles. The van der Waals surface area contributed by atoms with Crippen LogP contribution < -0.4 is 0 Å². The number of carbonyl (C=O) groups is 1. The second-order valence-electron chi connectivity index (χ2n) is 4.94. The zero-order valence-corrected chi connectivity index (χ0v) is 11.8. The first kappa shape index (κ1) is 16.2. The highest BCUT2D eigenvalue weighted by Gasteiger charge is 2.11. The molecule has 2 heteroatoms. The summed E-state index contributed by atoms with van der Waals surface area (Å²) in [5.74, 6) is -0.0532. The second-order valence-corrected chi connectivity index (χ2v) is 4.94. The van der Waals surface area contributed by atoms with E-state index in [-0.39, 0.29) is 11.9 Å². The van der Waals surface area contributed by atoms with Crippen LogP contribution in [0.4, 0.5) is 0 Å². The van der Waals surface area contributed by atoms with Crippen LogP contribution in [0.1, 0.15) is 65.7 Å². The number of hydrogen-bond donors (Lipinski definition) is 0. The monoisotopic (exact) mass is 240 g/mol. The normalized spacial score (nSPS) is 10.6. The van der Waals surface area contributed by atoms with Gasteiger partial charge in [0, 0.05) is 5.57 Å². The number of unbranched alkanes of at least 4 members (excludes halogenated alkanes) is 6. The average molecular weight is 240 g/mol. The van der Waals surface area contributed by atoms with Crippen molar-refractivity contribution in [1.29, 1.82) is 0 Å². The lowest BCUT2D eigenvalue weighted by atomic mass is 10.1. The Morgan fingerprint density at radius 3 is 2.12 bits per heavy atom. The fraction of sp³-hybridized carbons (Fsp3) is 0.800. The number of hydrogen-bond acceptors (Lipinski definition) is 2. The summed E-state index contributed by atoms with van der Waals surface area (Å²) in [7, 11) is 0. The maximum absolute atomic E-state index is 11.4. The highest BCUT2D eigenvalue weighted by molar-refractivity contribution is 5.88. The van der Waals surface area contributed by atoms with E-state index in [0.29, 0.717) is 12.2 Å². The van der Waals surface area contributed by atoms with Gasteiger partial charge in [-0.2, -0.15) is 0 Å². The van der Waals surface area contributed by atoms with Crippen molar-refractivity contribution in [1.82, 2.24) is 0 Å². The molecule has 100 valence electrons. The molecular weight excluding hydrogens is 212 g/mol. The summed E-state index contributed by atoms with van der Waals surface area (Å²) in [6, 6.07) is 0. The summed E-state index contributed by atoms with van der Waals surface area (Å²) >= 11 is 0. The van der Waals surface area contributed by atoms with Crippen molar-refractivity contribution in [3.63, 3.8) is 0 Å². The zero-order chi connectivity index (χ0) is 13.1. The van der Waals surface area contributed by atoms with Gasteiger partial charge < -0.3 is 4.74 Å². The minimum absolute atomic E-state index is 0.177. The molecule has 17 heavy (non-hydrogen) atoms. The van der Waals surface area contributed by atoms with Crippen LogP contribution in [-0.4, -0.2) is 12.6 Å². The molecule has 0 N–H and O–H groups in total. The van der Waals surface area contributed by atoms with Crippen molar-refractivity contribution >= 4 is 5.97 Å². The lowest BCUT2D eigenvalue weighted by Crippen LogP contribution is -2.12. The van der Waals surface area contributed by atoms with Crippen molar-refractivity contribution in [2.24, 2.45) is 5.92 Å². The van der Waals surface area contributed by atoms with Crippen molar-refractivity contribution < 1.29 is 9.53 Å². The summed E-state index contributed by atoms with van der Waals surface area (Å²) in [5.41, 5.74) is 0.577. The molecule has 0 unspecified atom stereocenters. The molecule has 0 aliphatic heterocycles. The van der Waals surface area contributed by atoms with E-state index in [1.807, 2.05) is 13.8 Å². The Kier molecular flexibility index (Phi) is 9.89. The third-order valence-electron chi connectivity index (χ3n) is 2.94. The maximum Gasteiger partial charge on any atom is 0.333 e. The minimum Gasteiger partial charge on any atom is -0.462 e. The van der Waals surface area contributed by atoms with Crippen molar-refractivity contribution in [3.8, 4) is 0 Å². The fourth-order valence-corrected chi connectivity index (χ4v) is 1.55. The summed E-state index contributed by atoms with van der Waals surface area (Å²) in [5, 5.41) is 0. The maximum atomic E-state index is 11.4. The van der Waals surface area contributed by atoms with E-state index in [9.17, 15) is 4.79 Å². The largest absolute Gasteiger partial charge is 0.462 e. The average Bonchev–Trinajstić information content (AvgIpc) is 2.31. The van der Waals surface area contributed by atoms with Crippen LogP contribution in [-0.2, 0) is 9.53 Å². The van der Waals surface area contributed by atoms with Crippen LogP contribution in [0.5, 0.6) is 0 Å². The predicted molar refractivity (Wildman–Crippen MR) is 72.9 cm³/mol. The van der Waals surface area contributed by atoms with Gasteiger partial charge in [-0.3, -0.25) is 0 Å². The zero-order valence-electron chi connectivity index (χ0n) is 11.8.